The van der Waals surface area contributed by atoms with E-state index in [9.17, 15) is 4.79 Å². The zero-order chi connectivity index (χ0) is 10.6. The number of carbonyl (C=O) groups is 1. The molecule has 0 N–H and O–H groups in total. The van der Waals surface area contributed by atoms with Crippen molar-refractivity contribution in [3.63, 3.8) is 0 Å². The minimum absolute atomic E-state index is 0.00542. The summed E-state index contributed by atoms with van der Waals surface area (Å²) < 4.78 is 6.03. The molecule has 0 aromatic rings. The van der Waals surface area contributed by atoms with E-state index in [2.05, 4.69) is 43.4 Å². The molecule has 0 bridgehead atoms. The van der Waals surface area contributed by atoms with Gasteiger partial charge in [0.25, 0.3) is 0 Å². The summed E-state index contributed by atoms with van der Waals surface area (Å²) in [6.07, 6.45) is 2.98. The van der Waals surface area contributed by atoms with Gasteiger partial charge in [0.1, 0.15) is 5.60 Å². The van der Waals surface area contributed by atoms with Crippen LogP contribution in [0.3, 0.4) is 0 Å². The molecule has 1 aliphatic carbocycles. The molecule has 3 atom stereocenters. The molecule has 2 fully saturated rings. The Morgan fingerprint density at radius 2 is 2.07 bits per heavy atom. The highest BCUT2D eigenvalue weighted by Crippen LogP contribution is 2.55. The summed E-state index contributed by atoms with van der Waals surface area (Å²) in [5.41, 5.74) is 0.0436. The Kier molecular flexibility index (Phi) is 2.37. The van der Waals surface area contributed by atoms with Crippen LogP contribution >= 0.6 is 22.6 Å². The van der Waals surface area contributed by atoms with Gasteiger partial charge in [0, 0.05) is 5.92 Å². The van der Waals surface area contributed by atoms with Crippen LogP contribution in [0.25, 0.3) is 0 Å². The van der Waals surface area contributed by atoms with Crippen molar-refractivity contribution in [2.75, 3.05) is 0 Å². The van der Waals surface area contributed by atoms with Crippen LogP contribution in [0, 0.1) is 11.3 Å². The molecule has 1 saturated heterocycles. The zero-order valence-corrected chi connectivity index (χ0v) is 11.1. The third kappa shape index (κ3) is 1.39. The third-order valence-electron chi connectivity index (χ3n) is 4.00. The lowest BCUT2D eigenvalue weighted by molar-refractivity contribution is -0.150. The van der Waals surface area contributed by atoms with E-state index in [1.54, 1.807) is 0 Å². The summed E-state index contributed by atoms with van der Waals surface area (Å²) in [5, 5.41) is 0. The lowest BCUT2D eigenvalue weighted by atomic mass is 9.62. The molecule has 0 aromatic heterocycles. The van der Waals surface area contributed by atoms with Crippen LogP contribution in [-0.2, 0) is 9.53 Å². The molecule has 0 amide bonds. The standard InChI is InChI=1S/C11H17IO2/c1-10(2)5-4-8(12)11(3)7(10)6-9(13)14-11/h7-8H,4-6H2,1-3H3/t7-,8-,11-/m1/s1. The first-order chi connectivity index (χ1) is 6.36. The summed E-state index contributed by atoms with van der Waals surface area (Å²) in [6, 6.07) is 0. The second-order valence-electron chi connectivity index (χ2n) is 5.41. The van der Waals surface area contributed by atoms with Crippen molar-refractivity contribution >= 4 is 28.6 Å². The van der Waals surface area contributed by atoms with Crippen LogP contribution < -0.4 is 0 Å². The normalized spacial score (nSPS) is 45.9. The van der Waals surface area contributed by atoms with Crippen LogP contribution in [0.5, 0.6) is 0 Å². The number of halogens is 1. The van der Waals surface area contributed by atoms with Crippen LogP contribution in [0.1, 0.15) is 40.0 Å². The second-order valence-corrected chi connectivity index (χ2v) is 6.91. The monoisotopic (exact) mass is 308 g/mol. The first-order valence-electron chi connectivity index (χ1n) is 5.22. The number of ether oxygens (including phenoxy) is 1. The molecular weight excluding hydrogens is 291 g/mol. The highest BCUT2D eigenvalue weighted by Gasteiger charge is 2.58. The van der Waals surface area contributed by atoms with E-state index in [0.29, 0.717) is 16.3 Å². The number of alkyl halides is 1. The van der Waals surface area contributed by atoms with Crippen molar-refractivity contribution in [3.05, 3.63) is 0 Å². The van der Waals surface area contributed by atoms with Gasteiger partial charge >= 0.3 is 5.97 Å². The molecular formula is C11H17IO2. The zero-order valence-electron chi connectivity index (χ0n) is 8.97. The lowest BCUT2D eigenvalue weighted by Crippen LogP contribution is -2.51. The Morgan fingerprint density at radius 3 is 2.64 bits per heavy atom. The predicted molar refractivity (Wildman–Crippen MR) is 63.4 cm³/mol. The highest BCUT2D eigenvalue weighted by atomic mass is 127. The van der Waals surface area contributed by atoms with Gasteiger partial charge in [0.05, 0.1) is 10.3 Å². The van der Waals surface area contributed by atoms with Gasteiger partial charge in [-0.1, -0.05) is 36.4 Å². The van der Waals surface area contributed by atoms with Crippen molar-refractivity contribution in [3.8, 4) is 0 Å². The molecule has 2 aliphatic rings. The predicted octanol–water partition coefficient (Wildman–Crippen LogP) is 2.93. The van der Waals surface area contributed by atoms with Crippen LogP contribution in [-0.4, -0.2) is 15.5 Å². The quantitative estimate of drug-likeness (QED) is 0.391. The van der Waals surface area contributed by atoms with Crippen LogP contribution in [0.4, 0.5) is 0 Å². The first-order valence-corrected chi connectivity index (χ1v) is 6.47. The molecule has 2 rings (SSSR count). The van der Waals surface area contributed by atoms with Gasteiger partial charge < -0.3 is 4.74 Å². The van der Waals surface area contributed by atoms with Crippen molar-refractivity contribution in [1.82, 2.24) is 0 Å². The van der Waals surface area contributed by atoms with Gasteiger partial charge in [-0.2, -0.15) is 0 Å². The van der Waals surface area contributed by atoms with Gasteiger partial charge in [-0.15, -0.1) is 0 Å². The molecule has 1 saturated carbocycles. The van der Waals surface area contributed by atoms with E-state index in [1.165, 1.54) is 6.42 Å². The topological polar surface area (TPSA) is 26.3 Å². The molecule has 2 nitrogen and oxygen atoms in total. The fourth-order valence-corrected chi connectivity index (χ4v) is 3.89. The Hall–Kier alpha value is 0.200. The van der Waals surface area contributed by atoms with E-state index < -0.39 is 0 Å². The molecule has 0 aromatic carbocycles. The minimum atomic E-state index is -0.209. The second kappa shape index (κ2) is 3.09. The minimum Gasteiger partial charge on any atom is -0.458 e. The number of rotatable bonds is 0. The number of hydrogen-bond acceptors (Lipinski definition) is 2. The average Bonchev–Trinajstić information content (AvgIpc) is 2.38. The SMILES string of the molecule is CC1(C)CC[C@@H](I)[C@]2(C)OC(=O)C[C@H]12. The van der Waals surface area contributed by atoms with Gasteiger partial charge in [0.15, 0.2) is 0 Å². The van der Waals surface area contributed by atoms with Crippen molar-refractivity contribution in [1.29, 1.82) is 0 Å². The molecule has 14 heavy (non-hydrogen) atoms. The molecule has 0 unspecified atom stereocenters. The van der Waals surface area contributed by atoms with Gasteiger partial charge in [-0.3, -0.25) is 4.79 Å². The van der Waals surface area contributed by atoms with Crippen LogP contribution in [0.15, 0.2) is 0 Å². The fourth-order valence-electron chi connectivity index (χ4n) is 3.02. The smallest absolute Gasteiger partial charge is 0.306 e. The average molecular weight is 308 g/mol. The van der Waals surface area contributed by atoms with E-state index in [1.807, 2.05) is 0 Å². The van der Waals surface area contributed by atoms with Crippen molar-refractivity contribution in [2.24, 2.45) is 11.3 Å². The van der Waals surface area contributed by atoms with E-state index in [-0.39, 0.29) is 17.0 Å². The Morgan fingerprint density at radius 1 is 1.43 bits per heavy atom. The molecule has 1 aliphatic heterocycles. The maximum atomic E-state index is 11.4. The Labute approximate surface area is 98.9 Å². The number of fused-ring (bicyclic) bond motifs is 1. The van der Waals surface area contributed by atoms with Gasteiger partial charge in [0.2, 0.25) is 0 Å². The molecule has 1 heterocycles. The lowest BCUT2D eigenvalue weighted by Gasteiger charge is -2.47. The molecule has 3 heteroatoms. The highest BCUT2D eigenvalue weighted by molar-refractivity contribution is 14.1. The first kappa shape index (κ1) is 10.7. The molecule has 0 spiro atoms. The van der Waals surface area contributed by atoms with Gasteiger partial charge in [-0.05, 0) is 25.2 Å². The maximum Gasteiger partial charge on any atom is 0.306 e. The summed E-state index contributed by atoms with van der Waals surface area (Å²) in [4.78, 5) is 11.4. The Balaban J connectivity index is 2.35. The number of carbonyl (C=O) groups excluding carboxylic acids is 1. The van der Waals surface area contributed by atoms with Gasteiger partial charge in [-0.25, -0.2) is 0 Å². The summed E-state index contributed by atoms with van der Waals surface area (Å²) in [6.45, 7) is 6.64. The van der Waals surface area contributed by atoms with E-state index in [4.69, 9.17) is 4.74 Å². The van der Waals surface area contributed by atoms with Crippen molar-refractivity contribution in [2.45, 2.75) is 49.6 Å². The maximum absolute atomic E-state index is 11.4. The fraction of sp³-hybridized carbons (Fsp3) is 0.909. The largest absolute Gasteiger partial charge is 0.458 e. The molecule has 80 valence electrons. The Bertz CT molecular complexity index is 274. The third-order valence-corrected chi connectivity index (χ3v) is 5.86. The number of esters is 1. The number of hydrogen-bond donors (Lipinski definition) is 0. The van der Waals surface area contributed by atoms with E-state index >= 15 is 0 Å². The summed E-state index contributed by atoms with van der Waals surface area (Å²) in [5.74, 6) is 0.396. The summed E-state index contributed by atoms with van der Waals surface area (Å²) >= 11 is 2.44. The van der Waals surface area contributed by atoms with E-state index in [0.717, 1.165) is 6.42 Å². The summed E-state index contributed by atoms with van der Waals surface area (Å²) in [7, 11) is 0. The van der Waals surface area contributed by atoms with Crippen molar-refractivity contribution < 1.29 is 9.53 Å². The molecule has 0 radical (unpaired) electrons. The van der Waals surface area contributed by atoms with Crippen LogP contribution in [0.2, 0.25) is 0 Å².